The van der Waals surface area contributed by atoms with Gasteiger partial charge in [0.2, 0.25) is 0 Å². The Balaban J connectivity index is 1.10. The molecule has 0 bridgehead atoms. The molecule has 0 radical (unpaired) electrons. The highest BCUT2D eigenvalue weighted by atomic mass is 16.5. The molecular formula is C47H41BN2O2. The number of aliphatic hydroxyl groups is 1. The number of hydrogen-bond donors (Lipinski definition) is 1. The van der Waals surface area contributed by atoms with Crippen LogP contribution in [0.1, 0.15) is 20.8 Å². The minimum absolute atomic E-state index is 0.425. The number of benzene rings is 7. The lowest BCUT2D eigenvalue weighted by Gasteiger charge is -2.29. The summed E-state index contributed by atoms with van der Waals surface area (Å²) >= 11 is 0. The number of nitrogens with zero attached hydrogens (tertiary/aromatic N) is 2. The number of anilines is 3. The Kier molecular flexibility index (Phi) is 8.98. The monoisotopic (exact) mass is 676 g/mol. The number of fused-ring (bicyclic) bond motifs is 3. The summed E-state index contributed by atoms with van der Waals surface area (Å²) in [5.41, 5.74) is 11.9. The van der Waals surface area contributed by atoms with Crippen molar-refractivity contribution in [2.75, 3.05) is 4.90 Å². The van der Waals surface area contributed by atoms with Crippen LogP contribution in [0.2, 0.25) is 0 Å². The van der Waals surface area contributed by atoms with Gasteiger partial charge in [0.1, 0.15) is 0 Å². The maximum atomic E-state index is 10.1. The van der Waals surface area contributed by atoms with Gasteiger partial charge in [0.25, 0.3) is 0 Å². The zero-order valence-electron chi connectivity index (χ0n) is 29.8. The van der Waals surface area contributed by atoms with Gasteiger partial charge in [0, 0.05) is 33.5 Å². The van der Waals surface area contributed by atoms with Crippen LogP contribution in [0.5, 0.6) is 0 Å². The van der Waals surface area contributed by atoms with E-state index < -0.39 is 11.7 Å². The Bertz CT molecular complexity index is 2380. The van der Waals surface area contributed by atoms with Crippen LogP contribution in [0.25, 0.3) is 49.7 Å². The number of rotatable bonds is 10. The van der Waals surface area contributed by atoms with Crippen molar-refractivity contribution in [1.29, 1.82) is 0 Å². The lowest BCUT2D eigenvalue weighted by Crippen LogP contribution is -2.40. The molecule has 0 saturated carbocycles. The highest BCUT2D eigenvalue weighted by Gasteiger charge is 2.25. The number of hydrogen-bond acceptors (Lipinski definition) is 3. The van der Waals surface area contributed by atoms with E-state index in [0.717, 1.165) is 33.8 Å². The van der Waals surface area contributed by atoms with Gasteiger partial charge in [-0.15, -0.1) is 0 Å². The predicted molar refractivity (Wildman–Crippen MR) is 220 cm³/mol. The summed E-state index contributed by atoms with van der Waals surface area (Å²) in [5, 5.41) is 12.6. The summed E-state index contributed by atoms with van der Waals surface area (Å²) in [5.74, 6) is 0. The Hall–Kier alpha value is -5.88. The summed E-state index contributed by atoms with van der Waals surface area (Å²) in [6.45, 7) is 5.59. The zero-order valence-corrected chi connectivity index (χ0v) is 29.8. The first-order chi connectivity index (χ1) is 25.4. The van der Waals surface area contributed by atoms with Crippen LogP contribution in [0.4, 0.5) is 17.1 Å². The summed E-state index contributed by atoms with van der Waals surface area (Å²) in [7, 11) is 0.425. The van der Waals surface area contributed by atoms with Gasteiger partial charge in [0.05, 0.1) is 22.7 Å². The van der Waals surface area contributed by atoms with Gasteiger partial charge in [-0.25, -0.2) is 0 Å². The summed E-state index contributed by atoms with van der Waals surface area (Å²) in [6, 6.07) is 62.6. The van der Waals surface area contributed by atoms with Crippen molar-refractivity contribution in [2.45, 2.75) is 32.5 Å². The summed E-state index contributed by atoms with van der Waals surface area (Å²) in [6.07, 6.45) is -0.567. The summed E-state index contributed by atoms with van der Waals surface area (Å²) in [4.78, 5) is 2.29. The minimum atomic E-state index is -0.627. The average Bonchev–Trinajstić information content (AvgIpc) is 3.53. The number of para-hydroxylation sites is 2. The third kappa shape index (κ3) is 6.53. The lowest BCUT2D eigenvalue weighted by molar-refractivity contribution is -0.0146. The molecule has 1 atom stereocenters. The number of aliphatic hydroxyl groups excluding tert-OH is 1. The molecule has 8 rings (SSSR count). The van der Waals surface area contributed by atoms with Crippen molar-refractivity contribution >= 4 is 51.8 Å². The Morgan fingerprint density at radius 1 is 0.519 bits per heavy atom. The maximum Gasteiger partial charge on any atom is 0.309 e. The van der Waals surface area contributed by atoms with E-state index in [9.17, 15) is 5.11 Å². The molecule has 1 N–H and O–H groups in total. The van der Waals surface area contributed by atoms with Crippen LogP contribution >= 0.6 is 0 Å². The summed E-state index contributed by atoms with van der Waals surface area (Å²) < 4.78 is 8.41. The first-order valence-electron chi connectivity index (χ1n) is 17.9. The van der Waals surface area contributed by atoms with E-state index in [1.807, 2.05) is 19.9 Å². The maximum absolute atomic E-state index is 10.1. The van der Waals surface area contributed by atoms with Crippen LogP contribution in [0.15, 0.2) is 176 Å². The third-order valence-corrected chi connectivity index (χ3v) is 10.2. The molecule has 1 unspecified atom stereocenters. The van der Waals surface area contributed by atoms with Gasteiger partial charge < -0.3 is 19.2 Å². The van der Waals surface area contributed by atoms with Crippen LogP contribution in [-0.4, -0.2) is 28.9 Å². The molecule has 0 fully saturated rings. The molecule has 4 nitrogen and oxygen atoms in total. The first-order valence-corrected chi connectivity index (χ1v) is 17.9. The largest absolute Gasteiger partial charge is 0.427 e. The molecule has 0 amide bonds. The molecular weight excluding hydrogens is 635 g/mol. The Morgan fingerprint density at radius 3 is 1.40 bits per heavy atom. The van der Waals surface area contributed by atoms with Gasteiger partial charge in [-0.05, 0) is 104 Å². The normalized spacial score (nSPS) is 12.2. The van der Waals surface area contributed by atoms with Gasteiger partial charge in [0.15, 0.2) is 0 Å². The van der Waals surface area contributed by atoms with Crippen molar-refractivity contribution < 1.29 is 9.76 Å². The molecule has 8 aromatic rings. The molecule has 254 valence electrons. The zero-order chi connectivity index (χ0) is 35.7. The average molecular weight is 677 g/mol. The molecule has 7 aromatic carbocycles. The second-order valence-electron chi connectivity index (χ2n) is 13.9. The quantitative estimate of drug-likeness (QED) is 0.147. The Morgan fingerprint density at radius 2 is 0.923 bits per heavy atom. The third-order valence-electron chi connectivity index (χ3n) is 10.2. The van der Waals surface area contributed by atoms with E-state index in [1.54, 1.807) is 6.92 Å². The van der Waals surface area contributed by atoms with E-state index in [4.69, 9.17) is 4.65 Å². The molecule has 0 aliphatic carbocycles. The molecule has 1 aromatic heterocycles. The van der Waals surface area contributed by atoms with Gasteiger partial charge in [-0.2, -0.15) is 0 Å². The van der Waals surface area contributed by atoms with Gasteiger partial charge >= 0.3 is 7.48 Å². The van der Waals surface area contributed by atoms with Crippen LogP contribution in [0.3, 0.4) is 0 Å². The second kappa shape index (κ2) is 14.0. The lowest BCUT2D eigenvalue weighted by atomic mass is 9.85. The fraction of sp³-hybridized carbons (Fsp3) is 0.106. The molecule has 0 saturated heterocycles. The molecule has 0 spiro atoms. The molecule has 52 heavy (non-hydrogen) atoms. The van der Waals surface area contributed by atoms with E-state index in [2.05, 4.69) is 179 Å². The fourth-order valence-corrected chi connectivity index (χ4v) is 6.82. The molecule has 5 heteroatoms. The standard InChI is InChI=1S/C47H41BN2O2/c1-33(51)47(2,3)52-48-38-23-31-41(32-24-38)49(39-25-17-35(18-26-39)34-11-5-4-6-12-34)40-27-19-36(20-28-40)37-21-29-42(30-22-37)50-45-15-9-7-13-43(45)44-14-8-10-16-46(44)50/h4-33,48,51H,1-3H3. The molecule has 0 aliphatic rings. The Labute approximate surface area is 306 Å². The van der Waals surface area contributed by atoms with Crippen molar-refractivity contribution in [3.63, 3.8) is 0 Å². The molecule has 1 heterocycles. The van der Waals surface area contributed by atoms with Crippen molar-refractivity contribution in [2.24, 2.45) is 0 Å². The fourth-order valence-electron chi connectivity index (χ4n) is 6.82. The van der Waals surface area contributed by atoms with Crippen molar-refractivity contribution in [3.8, 4) is 27.9 Å². The van der Waals surface area contributed by atoms with Crippen LogP contribution in [-0.2, 0) is 4.65 Å². The topological polar surface area (TPSA) is 37.6 Å². The SMILES string of the molecule is CC(O)C(C)(C)OBc1ccc(N(c2ccc(-c3ccccc3)cc2)c2ccc(-c3ccc(-n4c5ccccc5c5ccccc54)cc3)cc2)cc1. The highest BCUT2D eigenvalue weighted by Crippen LogP contribution is 2.37. The smallest absolute Gasteiger partial charge is 0.309 e. The second-order valence-corrected chi connectivity index (χ2v) is 13.9. The van der Waals surface area contributed by atoms with Crippen molar-refractivity contribution in [3.05, 3.63) is 176 Å². The van der Waals surface area contributed by atoms with E-state index in [-0.39, 0.29) is 0 Å². The predicted octanol–water partition coefficient (Wildman–Crippen LogP) is 10.7. The van der Waals surface area contributed by atoms with Crippen LogP contribution in [0, 0.1) is 0 Å². The van der Waals surface area contributed by atoms with E-state index in [1.165, 1.54) is 38.5 Å². The number of aromatic nitrogens is 1. The first kappa shape index (κ1) is 33.3. The van der Waals surface area contributed by atoms with E-state index in [0.29, 0.717) is 7.48 Å². The van der Waals surface area contributed by atoms with E-state index >= 15 is 0 Å². The van der Waals surface area contributed by atoms with Gasteiger partial charge in [-0.3, -0.25) is 0 Å². The highest BCUT2D eigenvalue weighted by molar-refractivity contribution is 6.47. The minimum Gasteiger partial charge on any atom is -0.427 e. The molecule has 0 aliphatic heterocycles. The van der Waals surface area contributed by atoms with Crippen LogP contribution < -0.4 is 10.4 Å². The van der Waals surface area contributed by atoms with Gasteiger partial charge in [-0.1, -0.05) is 121 Å². The van der Waals surface area contributed by atoms with Crippen molar-refractivity contribution in [1.82, 2.24) is 4.57 Å².